The summed E-state index contributed by atoms with van der Waals surface area (Å²) >= 11 is 3.40. The van der Waals surface area contributed by atoms with Crippen molar-refractivity contribution >= 4 is 27.5 Å². The topological polar surface area (TPSA) is 42.2 Å². The SMILES string of the molecule is CCc1occc1C(=O)Nc1ccc(Br)cc1C. The lowest BCUT2D eigenvalue weighted by Crippen LogP contribution is -2.13. The van der Waals surface area contributed by atoms with Gasteiger partial charge in [-0.25, -0.2) is 0 Å². The highest BCUT2D eigenvalue weighted by molar-refractivity contribution is 9.10. The van der Waals surface area contributed by atoms with E-state index in [1.54, 1.807) is 12.3 Å². The maximum atomic E-state index is 12.1. The van der Waals surface area contributed by atoms with Gasteiger partial charge >= 0.3 is 0 Å². The standard InChI is InChI=1S/C14H14BrNO2/c1-3-13-11(6-7-18-13)14(17)16-12-5-4-10(15)8-9(12)2/h4-8H,3H2,1-2H3,(H,16,17). The molecule has 0 aliphatic heterocycles. The number of hydrogen-bond acceptors (Lipinski definition) is 2. The maximum Gasteiger partial charge on any atom is 0.259 e. The van der Waals surface area contributed by atoms with E-state index in [-0.39, 0.29) is 5.91 Å². The van der Waals surface area contributed by atoms with Gasteiger partial charge in [0.2, 0.25) is 0 Å². The van der Waals surface area contributed by atoms with Crippen LogP contribution in [0.3, 0.4) is 0 Å². The minimum atomic E-state index is -0.133. The predicted octanol–water partition coefficient (Wildman–Crippen LogP) is 4.17. The zero-order chi connectivity index (χ0) is 13.1. The van der Waals surface area contributed by atoms with Gasteiger partial charge in [-0.2, -0.15) is 0 Å². The van der Waals surface area contributed by atoms with Crippen LogP contribution in [0.4, 0.5) is 5.69 Å². The smallest absolute Gasteiger partial charge is 0.259 e. The Labute approximate surface area is 114 Å². The van der Waals surface area contributed by atoms with Crippen molar-refractivity contribution in [2.75, 3.05) is 5.32 Å². The van der Waals surface area contributed by atoms with Gasteiger partial charge in [-0.3, -0.25) is 4.79 Å². The molecule has 94 valence electrons. The van der Waals surface area contributed by atoms with Crippen molar-refractivity contribution in [2.24, 2.45) is 0 Å². The first-order valence-corrected chi connectivity index (χ1v) is 6.55. The number of amides is 1. The van der Waals surface area contributed by atoms with E-state index in [1.165, 1.54) is 0 Å². The Balaban J connectivity index is 2.21. The molecule has 0 saturated heterocycles. The number of hydrogen-bond donors (Lipinski definition) is 1. The second-order valence-electron chi connectivity index (χ2n) is 4.02. The molecule has 18 heavy (non-hydrogen) atoms. The highest BCUT2D eigenvalue weighted by Gasteiger charge is 2.14. The molecule has 2 rings (SSSR count). The van der Waals surface area contributed by atoms with Gasteiger partial charge in [0.25, 0.3) is 5.91 Å². The maximum absolute atomic E-state index is 12.1. The summed E-state index contributed by atoms with van der Waals surface area (Å²) in [7, 11) is 0. The molecule has 2 aromatic rings. The fourth-order valence-corrected chi connectivity index (χ4v) is 2.25. The quantitative estimate of drug-likeness (QED) is 0.925. The van der Waals surface area contributed by atoms with E-state index in [0.29, 0.717) is 17.7 Å². The average Bonchev–Trinajstić information content (AvgIpc) is 2.81. The molecular weight excluding hydrogens is 294 g/mol. The molecule has 3 nitrogen and oxygen atoms in total. The number of carbonyl (C=O) groups excluding carboxylic acids is 1. The summed E-state index contributed by atoms with van der Waals surface area (Å²) in [5, 5.41) is 2.89. The summed E-state index contributed by atoms with van der Waals surface area (Å²) in [4.78, 5) is 12.1. The molecule has 0 aliphatic carbocycles. The monoisotopic (exact) mass is 307 g/mol. The van der Waals surface area contributed by atoms with Crippen LogP contribution >= 0.6 is 15.9 Å². The van der Waals surface area contributed by atoms with E-state index in [2.05, 4.69) is 21.2 Å². The molecule has 0 saturated carbocycles. The third kappa shape index (κ3) is 2.64. The molecule has 0 atom stereocenters. The van der Waals surface area contributed by atoms with E-state index in [9.17, 15) is 4.79 Å². The summed E-state index contributed by atoms with van der Waals surface area (Å²) in [5.74, 6) is 0.577. The zero-order valence-electron chi connectivity index (χ0n) is 10.3. The fourth-order valence-electron chi connectivity index (χ4n) is 1.77. The van der Waals surface area contributed by atoms with Crippen LogP contribution in [0.2, 0.25) is 0 Å². The molecule has 0 fully saturated rings. The first-order valence-electron chi connectivity index (χ1n) is 5.75. The fraction of sp³-hybridized carbons (Fsp3) is 0.214. The third-order valence-electron chi connectivity index (χ3n) is 2.75. The molecule has 1 aromatic heterocycles. The minimum Gasteiger partial charge on any atom is -0.469 e. The van der Waals surface area contributed by atoms with Gasteiger partial charge in [-0.05, 0) is 36.8 Å². The van der Waals surface area contributed by atoms with Crippen molar-refractivity contribution < 1.29 is 9.21 Å². The van der Waals surface area contributed by atoms with Gasteiger partial charge < -0.3 is 9.73 Å². The minimum absolute atomic E-state index is 0.133. The van der Waals surface area contributed by atoms with Gasteiger partial charge in [0, 0.05) is 16.6 Å². The number of carbonyl (C=O) groups is 1. The molecule has 0 unspecified atom stereocenters. The molecule has 0 bridgehead atoms. The molecule has 0 aliphatic rings. The van der Waals surface area contributed by atoms with E-state index in [1.807, 2.05) is 32.0 Å². The molecule has 1 aromatic carbocycles. The highest BCUT2D eigenvalue weighted by Crippen LogP contribution is 2.21. The van der Waals surface area contributed by atoms with Gasteiger partial charge in [0.05, 0.1) is 11.8 Å². The first-order chi connectivity index (χ1) is 8.61. The molecule has 1 N–H and O–H groups in total. The second kappa shape index (κ2) is 5.40. The molecule has 0 spiro atoms. The number of anilines is 1. The van der Waals surface area contributed by atoms with Gasteiger partial charge in [0.15, 0.2) is 0 Å². The van der Waals surface area contributed by atoms with Crippen LogP contribution in [-0.2, 0) is 6.42 Å². The zero-order valence-corrected chi connectivity index (χ0v) is 11.9. The number of rotatable bonds is 3. The van der Waals surface area contributed by atoms with Crippen LogP contribution in [0.25, 0.3) is 0 Å². The largest absolute Gasteiger partial charge is 0.469 e. The molecule has 4 heteroatoms. The molecular formula is C14H14BrNO2. The highest BCUT2D eigenvalue weighted by atomic mass is 79.9. The van der Waals surface area contributed by atoms with Crippen molar-refractivity contribution in [3.05, 3.63) is 51.9 Å². The lowest BCUT2D eigenvalue weighted by atomic mass is 10.1. The Bertz CT molecular complexity index is 575. The Morgan fingerprint density at radius 2 is 2.17 bits per heavy atom. The van der Waals surface area contributed by atoms with Gasteiger partial charge in [-0.1, -0.05) is 22.9 Å². The lowest BCUT2D eigenvalue weighted by molar-refractivity contribution is 0.102. The summed E-state index contributed by atoms with van der Waals surface area (Å²) in [5.41, 5.74) is 2.42. The van der Waals surface area contributed by atoms with Crippen molar-refractivity contribution in [3.63, 3.8) is 0 Å². The first kappa shape index (κ1) is 12.9. The van der Waals surface area contributed by atoms with E-state index in [0.717, 1.165) is 15.7 Å². The lowest BCUT2D eigenvalue weighted by Gasteiger charge is -2.08. The van der Waals surface area contributed by atoms with Crippen LogP contribution in [0.15, 0.2) is 39.4 Å². The molecule has 0 radical (unpaired) electrons. The summed E-state index contributed by atoms with van der Waals surface area (Å²) in [6.07, 6.45) is 2.25. The van der Waals surface area contributed by atoms with E-state index in [4.69, 9.17) is 4.42 Å². The second-order valence-corrected chi connectivity index (χ2v) is 4.94. The van der Waals surface area contributed by atoms with E-state index < -0.39 is 0 Å². The molecule has 1 heterocycles. The molecule has 1 amide bonds. The Hall–Kier alpha value is -1.55. The van der Waals surface area contributed by atoms with E-state index >= 15 is 0 Å². The van der Waals surface area contributed by atoms with Crippen LogP contribution in [0.5, 0.6) is 0 Å². The number of benzene rings is 1. The normalized spacial score (nSPS) is 10.4. The van der Waals surface area contributed by atoms with Crippen molar-refractivity contribution in [2.45, 2.75) is 20.3 Å². The number of nitrogens with one attached hydrogen (secondary N) is 1. The van der Waals surface area contributed by atoms with Crippen LogP contribution < -0.4 is 5.32 Å². The Morgan fingerprint density at radius 1 is 1.39 bits per heavy atom. The van der Waals surface area contributed by atoms with Gasteiger partial charge in [0.1, 0.15) is 5.76 Å². The Morgan fingerprint density at radius 3 is 2.83 bits per heavy atom. The average molecular weight is 308 g/mol. The van der Waals surface area contributed by atoms with Crippen molar-refractivity contribution in [1.82, 2.24) is 0 Å². The Kier molecular flexibility index (Phi) is 3.87. The number of halogens is 1. The van der Waals surface area contributed by atoms with Crippen LogP contribution in [0, 0.1) is 6.92 Å². The third-order valence-corrected chi connectivity index (χ3v) is 3.24. The summed E-state index contributed by atoms with van der Waals surface area (Å²) < 4.78 is 6.25. The number of furan rings is 1. The van der Waals surface area contributed by atoms with Gasteiger partial charge in [-0.15, -0.1) is 0 Å². The number of aryl methyl sites for hydroxylation is 2. The summed E-state index contributed by atoms with van der Waals surface area (Å²) in [6.45, 7) is 3.91. The summed E-state index contributed by atoms with van der Waals surface area (Å²) in [6, 6.07) is 7.44. The van der Waals surface area contributed by atoms with Crippen LogP contribution in [-0.4, -0.2) is 5.91 Å². The predicted molar refractivity (Wildman–Crippen MR) is 74.9 cm³/mol. The van der Waals surface area contributed by atoms with Crippen molar-refractivity contribution in [3.8, 4) is 0 Å². The van der Waals surface area contributed by atoms with Crippen molar-refractivity contribution in [1.29, 1.82) is 0 Å². The van der Waals surface area contributed by atoms with Crippen LogP contribution in [0.1, 0.15) is 28.6 Å².